The summed E-state index contributed by atoms with van der Waals surface area (Å²) >= 11 is 5.87. The standard InChI is InChI=1S/C19H18ClN2O2/c1-21-9-7-14(8-10-21)18(23)15-11-17(22(2)12-15)19(24)13-3-5-16(20)6-4-13/h3-12,18,23H,1-2H3/q+1. The molecule has 24 heavy (non-hydrogen) atoms. The fraction of sp³-hybridized carbons (Fsp3) is 0.158. The number of benzene rings is 1. The molecule has 0 radical (unpaired) electrons. The van der Waals surface area contributed by atoms with Crippen LogP contribution in [0.4, 0.5) is 0 Å². The van der Waals surface area contributed by atoms with Crippen molar-refractivity contribution < 1.29 is 14.5 Å². The number of aryl methyl sites for hydroxylation is 2. The van der Waals surface area contributed by atoms with Gasteiger partial charge in [-0.2, -0.15) is 0 Å². The first-order chi connectivity index (χ1) is 11.5. The van der Waals surface area contributed by atoms with Crippen LogP contribution in [-0.2, 0) is 14.1 Å². The lowest BCUT2D eigenvalue weighted by molar-refractivity contribution is -0.671. The number of nitrogens with zero attached hydrogens (tertiary/aromatic N) is 2. The highest BCUT2D eigenvalue weighted by molar-refractivity contribution is 6.30. The topological polar surface area (TPSA) is 46.1 Å². The lowest BCUT2D eigenvalue weighted by Gasteiger charge is -2.07. The van der Waals surface area contributed by atoms with Crippen LogP contribution in [0.25, 0.3) is 0 Å². The van der Waals surface area contributed by atoms with Crippen LogP contribution >= 0.6 is 11.6 Å². The molecule has 3 rings (SSSR count). The lowest BCUT2D eigenvalue weighted by atomic mass is 10.0. The molecule has 0 aliphatic rings. The molecule has 0 fully saturated rings. The van der Waals surface area contributed by atoms with Crippen LogP contribution in [0.15, 0.2) is 61.1 Å². The number of pyridine rings is 1. The Morgan fingerprint density at radius 2 is 1.75 bits per heavy atom. The first kappa shape index (κ1) is 16.4. The van der Waals surface area contributed by atoms with Crippen LogP contribution in [0, 0.1) is 0 Å². The number of halogens is 1. The Kier molecular flexibility index (Phi) is 4.51. The zero-order valence-electron chi connectivity index (χ0n) is 13.5. The normalized spacial score (nSPS) is 12.2. The van der Waals surface area contributed by atoms with Gasteiger partial charge in [-0.3, -0.25) is 4.79 Å². The fourth-order valence-corrected chi connectivity index (χ4v) is 2.73. The van der Waals surface area contributed by atoms with Gasteiger partial charge in [0.1, 0.15) is 13.2 Å². The van der Waals surface area contributed by atoms with Gasteiger partial charge >= 0.3 is 0 Å². The smallest absolute Gasteiger partial charge is 0.209 e. The highest BCUT2D eigenvalue weighted by Crippen LogP contribution is 2.24. The summed E-state index contributed by atoms with van der Waals surface area (Å²) in [5, 5.41) is 11.1. The average molecular weight is 342 g/mol. The maximum atomic E-state index is 12.6. The second-order valence-electron chi connectivity index (χ2n) is 5.81. The molecular formula is C19H18ClN2O2+. The van der Waals surface area contributed by atoms with Gasteiger partial charge in [-0.05, 0) is 35.9 Å². The number of rotatable bonds is 4. The minimum Gasteiger partial charge on any atom is -0.384 e. The van der Waals surface area contributed by atoms with Gasteiger partial charge in [0.15, 0.2) is 12.4 Å². The number of aromatic nitrogens is 2. The molecule has 1 unspecified atom stereocenters. The Morgan fingerprint density at radius 3 is 2.38 bits per heavy atom. The molecule has 2 heterocycles. The molecule has 2 aromatic heterocycles. The van der Waals surface area contributed by atoms with Crippen LogP contribution in [0.5, 0.6) is 0 Å². The Morgan fingerprint density at radius 1 is 1.12 bits per heavy atom. The van der Waals surface area contributed by atoms with E-state index in [1.807, 2.05) is 36.1 Å². The highest BCUT2D eigenvalue weighted by atomic mass is 35.5. The number of aliphatic hydroxyl groups excluding tert-OH is 1. The van der Waals surface area contributed by atoms with Crippen molar-refractivity contribution in [1.29, 1.82) is 0 Å². The second kappa shape index (κ2) is 6.59. The van der Waals surface area contributed by atoms with Crippen LogP contribution in [0.3, 0.4) is 0 Å². The van der Waals surface area contributed by atoms with E-state index in [2.05, 4.69) is 0 Å². The number of aliphatic hydroxyl groups is 1. The van der Waals surface area contributed by atoms with Crippen molar-refractivity contribution in [3.63, 3.8) is 0 Å². The zero-order valence-corrected chi connectivity index (χ0v) is 14.2. The lowest BCUT2D eigenvalue weighted by Crippen LogP contribution is -2.26. The molecule has 0 amide bonds. The third-order valence-corrected chi connectivity index (χ3v) is 4.25. The number of carbonyl (C=O) groups is 1. The maximum Gasteiger partial charge on any atom is 0.209 e. The van der Waals surface area contributed by atoms with E-state index in [1.165, 1.54) is 0 Å². The van der Waals surface area contributed by atoms with Gasteiger partial charge < -0.3 is 9.67 Å². The van der Waals surface area contributed by atoms with Gasteiger partial charge in [0.05, 0.1) is 5.69 Å². The quantitative estimate of drug-likeness (QED) is 0.586. The van der Waals surface area contributed by atoms with Crippen LogP contribution in [-0.4, -0.2) is 15.5 Å². The van der Waals surface area contributed by atoms with Crippen molar-refractivity contribution in [1.82, 2.24) is 4.57 Å². The third kappa shape index (κ3) is 3.25. The van der Waals surface area contributed by atoms with E-state index in [-0.39, 0.29) is 5.78 Å². The summed E-state index contributed by atoms with van der Waals surface area (Å²) in [7, 11) is 3.71. The van der Waals surface area contributed by atoms with Crippen molar-refractivity contribution in [2.24, 2.45) is 14.1 Å². The minimum absolute atomic E-state index is 0.105. The van der Waals surface area contributed by atoms with E-state index in [4.69, 9.17) is 11.6 Å². The maximum absolute atomic E-state index is 12.6. The molecule has 4 nitrogen and oxygen atoms in total. The van der Waals surface area contributed by atoms with Gasteiger partial charge in [0, 0.05) is 41.5 Å². The molecule has 0 aliphatic heterocycles. The third-order valence-electron chi connectivity index (χ3n) is 4.00. The van der Waals surface area contributed by atoms with Gasteiger partial charge in [0.2, 0.25) is 5.78 Å². The van der Waals surface area contributed by atoms with Crippen LogP contribution in [0.2, 0.25) is 5.02 Å². The van der Waals surface area contributed by atoms with Gasteiger partial charge in [-0.15, -0.1) is 0 Å². The predicted molar refractivity (Wildman–Crippen MR) is 92.0 cm³/mol. The number of hydrogen-bond donors (Lipinski definition) is 1. The van der Waals surface area contributed by atoms with Gasteiger partial charge in [0.25, 0.3) is 0 Å². The Labute approximate surface area is 145 Å². The van der Waals surface area contributed by atoms with Gasteiger partial charge in [-0.25, -0.2) is 4.57 Å². The Bertz CT molecular complexity index is 867. The second-order valence-corrected chi connectivity index (χ2v) is 6.24. The molecule has 122 valence electrons. The largest absolute Gasteiger partial charge is 0.384 e. The average Bonchev–Trinajstić information content (AvgIpc) is 2.97. The summed E-state index contributed by atoms with van der Waals surface area (Å²) in [5.74, 6) is -0.105. The summed E-state index contributed by atoms with van der Waals surface area (Å²) in [6, 6.07) is 12.2. The minimum atomic E-state index is -0.774. The molecule has 5 heteroatoms. The summed E-state index contributed by atoms with van der Waals surface area (Å²) in [6.45, 7) is 0. The molecular weight excluding hydrogens is 324 g/mol. The van der Waals surface area contributed by atoms with E-state index in [0.717, 1.165) is 5.56 Å². The molecule has 0 saturated heterocycles. The molecule has 0 spiro atoms. The molecule has 0 saturated carbocycles. The van der Waals surface area contributed by atoms with Crippen LogP contribution < -0.4 is 4.57 Å². The highest BCUT2D eigenvalue weighted by Gasteiger charge is 2.19. The summed E-state index contributed by atoms with van der Waals surface area (Å²) in [5.41, 5.74) is 2.55. The summed E-state index contributed by atoms with van der Waals surface area (Å²) in [6.07, 6.45) is 4.76. The van der Waals surface area contributed by atoms with Crippen molar-refractivity contribution >= 4 is 17.4 Å². The molecule has 3 aromatic rings. The first-order valence-electron chi connectivity index (χ1n) is 7.55. The number of hydrogen-bond acceptors (Lipinski definition) is 2. The predicted octanol–water partition coefficient (Wildman–Crippen LogP) is 2.82. The van der Waals surface area contributed by atoms with Crippen LogP contribution in [0.1, 0.15) is 33.3 Å². The SMILES string of the molecule is Cn1cc(C(O)c2cc[n+](C)cc2)cc1C(=O)c1ccc(Cl)cc1. The molecule has 0 bridgehead atoms. The van der Waals surface area contributed by atoms with E-state index < -0.39 is 6.10 Å². The van der Waals surface area contributed by atoms with E-state index in [9.17, 15) is 9.90 Å². The Hall–Kier alpha value is -2.43. The zero-order chi connectivity index (χ0) is 17.3. The number of ketones is 1. The Balaban J connectivity index is 1.90. The summed E-state index contributed by atoms with van der Waals surface area (Å²) < 4.78 is 3.63. The van der Waals surface area contributed by atoms with Crippen molar-refractivity contribution in [2.75, 3.05) is 0 Å². The summed E-state index contributed by atoms with van der Waals surface area (Å²) in [4.78, 5) is 12.6. The molecule has 1 N–H and O–H groups in total. The molecule has 1 atom stereocenters. The van der Waals surface area contributed by atoms with Crippen molar-refractivity contribution in [2.45, 2.75) is 6.10 Å². The first-order valence-corrected chi connectivity index (χ1v) is 7.93. The van der Waals surface area contributed by atoms with Crippen molar-refractivity contribution in [3.8, 4) is 0 Å². The van der Waals surface area contributed by atoms with E-state index in [1.54, 1.807) is 48.1 Å². The van der Waals surface area contributed by atoms with E-state index >= 15 is 0 Å². The molecule has 0 aliphatic carbocycles. The monoisotopic (exact) mass is 341 g/mol. The van der Waals surface area contributed by atoms with E-state index in [0.29, 0.717) is 21.8 Å². The fourth-order valence-electron chi connectivity index (χ4n) is 2.60. The van der Waals surface area contributed by atoms with Crippen molar-refractivity contribution in [3.05, 3.63) is 88.5 Å². The molecule has 1 aromatic carbocycles. The number of carbonyl (C=O) groups excluding carboxylic acids is 1. The van der Waals surface area contributed by atoms with Gasteiger partial charge in [-0.1, -0.05) is 11.6 Å².